The first kappa shape index (κ1) is 11.0. The highest BCUT2D eigenvalue weighted by Gasteiger charge is 2.03. The van der Waals surface area contributed by atoms with Gasteiger partial charge in [-0.3, -0.25) is 14.6 Å². The van der Waals surface area contributed by atoms with Crippen LogP contribution in [0.25, 0.3) is 0 Å². The average molecular weight is 198 g/mol. The zero-order valence-corrected chi connectivity index (χ0v) is 9.04. The van der Waals surface area contributed by atoms with Crippen molar-refractivity contribution in [3.05, 3.63) is 22.1 Å². The summed E-state index contributed by atoms with van der Waals surface area (Å²) in [6.45, 7) is 5.50. The first-order valence-corrected chi connectivity index (χ1v) is 4.91. The van der Waals surface area contributed by atoms with Gasteiger partial charge >= 0.3 is 0 Å². The Bertz CT molecular complexity index is 325. The topological polar surface area (TPSA) is 47.0 Å². The van der Waals surface area contributed by atoms with Gasteiger partial charge in [0.15, 0.2) is 0 Å². The summed E-state index contributed by atoms with van der Waals surface area (Å²) < 4.78 is 6.57. The summed E-state index contributed by atoms with van der Waals surface area (Å²) in [4.78, 5) is 11.4. The molecule has 0 radical (unpaired) electrons. The van der Waals surface area contributed by atoms with E-state index in [-0.39, 0.29) is 5.56 Å². The number of aromatic amines is 1. The zero-order valence-electron chi connectivity index (χ0n) is 9.04. The third kappa shape index (κ3) is 3.03. The largest absolute Gasteiger partial charge is 0.378 e. The number of H-pyrrole nitrogens is 1. The molecule has 0 bridgehead atoms. The maximum atomic E-state index is 11.4. The fourth-order valence-corrected chi connectivity index (χ4v) is 1.27. The molecule has 0 atom stereocenters. The van der Waals surface area contributed by atoms with Crippen molar-refractivity contribution in [1.29, 1.82) is 0 Å². The summed E-state index contributed by atoms with van der Waals surface area (Å²) in [7, 11) is 1.61. The monoisotopic (exact) mass is 198 g/mol. The SMILES string of the molecule is COCc1cc(=O)n(CCC(C)C)[nH]1. The molecule has 0 unspecified atom stereocenters. The fraction of sp³-hybridized carbons (Fsp3) is 0.700. The molecule has 4 heteroatoms. The molecule has 0 aliphatic heterocycles. The van der Waals surface area contributed by atoms with Gasteiger partial charge in [-0.1, -0.05) is 13.8 Å². The number of aromatic nitrogens is 2. The lowest BCUT2D eigenvalue weighted by atomic mass is 10.1. The maximum absolute atomic E-state index is 11.4. The predicted octanol–water partition coefficient (Wildman–Crippen LogP) is 1.37. The Morgan fingerprint density at radius 2 is 2.29 bits per heavy atom. The Kier molecular flexibility index (Phi) is 3.95. The van der Waals surface area contributed by atoms with Crippen molar-refractivity contribution >= 4 is 0 Å². The molecule has 0 aromatic carbocycles. The van der Waals surface area contributed by atoms with Crippen LogP contribution in [-0.2, 0) is 17.9 Å². The molecule has 0 spiro atoms. The quantitative estimate of drug-likeness (QED) is 0.776. The van der Waals surface area contributed by atoms with Crippen molar-refractivity contribution < 1.29 is 4.74 Å². The van der Waals surface area contributed by atoms with E-state index in [1.54, 1.807) is 17.9 Å². The van der Waals surface area contributed by atoms with E-state index in [0.717, 1.165) is 18.7 Å². The van der Waals surface area contributed by atoms with Crippen molar-refractivity contribution in [2.24, 2.45) is 5.92 Å². The van der Waals surface area contributed by atoms with Crippen LogP contribution in [0.5, 0.6) is 0 Å². The normalized spacial score (nSPS) is 11.1. The molecule has 80 valence electrons. The van der Waals surface area contributed by atoms with Crippen LogP contribution in [0, 0.1) is 5.92 Å². The van der Waals surface area contributed by atoms with Gasteiger partial charge in [0.05, 0.1) is 12.3 Å². The second-order valence-corrected chi connectivity index (χ2v) is 3.89. The van der Waals surface area contributed by atoms with Gasteiger partial charge in [-0.05, 0) is 12.3 Å². The molecule has 0 saturated heterocycles. The van der Waals surface area contributed by atoms with Crippen molar-refractivity contribution in [2.75, 3.05) is 7.11 Å². The van der Waals surface area contributed by atoms with E-state index in [1.807, 2.05) is 0 Å². The summed E-state index contributed by atoms with van der Waals surface area (Å²) in [5.74, 6) is 0.607. The number of nitrogens with one attached hydrogen (secondary N) is 1. The van der Waals surface area contributed by atoms with Crippen LogP contribution in [0.15, 0.2) is 10.9 Å². The minimum absolute atomic E-state index is 0.0256. The molecule has 1 heterocycles. The van der Waals surface area contributed by atoms with Crippen LogP contribution in [-0.4, -0.2) is 16.9 Å². The highest BCUT2D eigenvalue weighted by molar-refractivity contribution is 4.97. The Morgan fingerprint density at radius 1 is 1.57 bits per heavy atom. The summed E-state index contributed by atoms with van der Waals surface area (Å²) >= 11 is 0. The highest BCUT2D eigenvalue weighted by Crippen LogP contribution is 2.01. The molecule has 14 heavy (non-hydrogen) atoms. The van der Waals surface area contributed by atoms with Gasteiger partial charge in [-0.2, -0.15) is 0 Å². The Morgan fingerprint density at radius 3 is 2.86 bits per heavy atom. The number of hydrogen-bond acceptors (Lipinski definition) is 2. The van der Waals surface area contributed by atoms with E-state index >= 15 is 0 Å². The maximum Gasteiger partial charge on any atom is 0.266 e. The first-order chi connectivity index (χ1) is 6.63. The van der Waals surface area contributed by atoms with Gasteiger partial charge in [0, 0.05) is 19.7 Å². The molecular weight excluding hydrogens is 180 g/mol. The minimum atomic E-state index is 0.0256. The standard InChI is InChI=1S/C10H18N2O2/c1-8(2)4-5-12-10(13)6-9(11-12)7-14-3/h6,8,11H,4-5,7H2,1-3H3. The first-order valence-electron chi connectivity index (χ1n) is 4.91. The van der Waals surface area contributed by atoms with E-state index in [1.165, 1.54) is 0 Å². The molecule has 1 aromatic heterocycles. The van der Waals surface area contributed by atoms with Crippen LogP contribution in [0.4, 0.5) is 0 Å². The van der Waals surface area contributed by atoms with E-state index in [2.05, 4.69) is 18.9 Å². The lowest BCUT2D eigenvalue weighted by molar-refractivity contribution is 0.180. The van der Waals surface area contributed by atoms with Crippen LogP contribution >= 0.6 is 0 Å². The molecule has 0 aliphatic carbocycles. The molecule has 0 aliphatic rings. The molecule has 1 rings (SSSR count). The lowest BCUT2D eigenvalue weighted by Gasteiger charge is -2.04. The predicted molar refractivity (Wildman–Crippen MR) is 55.2 cm³/mol. The van der Waals surface area contributed by atoms with Gasteiger partial charge in [-0.15, -0.1) is 0 Å². The van der Waals surface area contributed by atoms with E-state index in [9.17, 15) is 4.79 Å². The Balaban J connectivity index is 2.63. The van der Waals surface area contributed by atoms with Crippen molar-refractivity contribution in [3.8, 4) is 0 Å². The smallest absolute Gasteiger partial charge is 0.266 e. The fourth-order valence-electron chi connectivity index (χ4n) is 1.27. The van der Waals surface area contributed by atoms with Gasteiger partial charge in [-0.25, -0.2) is 0 Å². The number of methoxy groups -OCH3 is 1. The molecule has 1 aromatic rings. The Labute approximate surface area is 83.9 Å². The van der Waals surface area contributed by atoms with Crippen molar-refractivity contribution in [2.45, 2.75) is 33.4 Å². The van der Waals surface area contributed by atoms with E-state index in [0.29, 0.717) is 12.5 Å². The molecule has 0 saturated carbocycles. The minimum Gasteiger partial charge on any atom is -0.378 e. The highest BCUT2D eigenvalue weighted by atomic mass is 16.5. The van der Waals surface area contributed by atoms with Crippen LogP contribution < -0.4 is 5.56 Å². The average Bonchev–Trinajstić information content (AvgIpc) is 2.44. The van der Waals surface area contributed by atoms with Gasteiger partial charge in [0.25, 0.3) is 5.56 Å². The van der Waals surface area contributed by atoms with Crippen LogP contribution in [0.1, 0.15) is 26.0 Å². The van der Waals surface area contributed by atoms with Crippen LogP contribution in [0.2, 0.25) is 0 Å². The van der Waals surface area contributed by atoms with Gasteiger partial charge in [0.2, 0.25) is 0 Å². The van der Waals surface area contributed by atoms with Crippen molar-refractivity contribution in [3.63, 3.8) is 0 Å². The van der Waals surface area contributed by atoms with Gasteiger partial charge in [0.1, 0.15) is 0 Å². The third-order valence-corrected chi connectivity index (χ3v) is 2.07. The van der Waals surface area contributed by atoms with Crippen LogP contribution in [0.3, 0.4) is 0 Å². The van der Waals surface area contributed by atoms with Gasteiger partial charge < -0.3 is 4.74 Å². The molecule has 0 fully saturated rings. The summed E-state index contributed by atoms with van der Waals surface area (Å²) in [6.07, 6.45) is 1.01. The summed E-state index contributed by atoms with van der Waals surface area (Å²) in [5, 5.41) is 3.02. The van der Waals surface area contributed by atoms with E-state index < -0.39 is 0 Å². The number of rotatable bonds is 5. The second-order valence-electron chi connectivity index (χ2n) is 3.89. The third-order valence-electron chi connectivity index (χ3n) is 2.07. The number of hydrogen-bond donors (Lipinski definition) is 1. The number of ether oxygens (including phenoxy) is 1. The summed E-state index contributed by atoms with van der Waals surface area (Å²) in [5.41, 5.74) is 0.860. The zero-order chi connectivity index (χ0) is 10.6. The second kappa shape index (κ2) is 5.00. The molecule has 1 N–H and O–H groups in total. The lowest BCUT2D eigenvalue weighted by Crippen LogP contribution is -2.16. The number of aryl methyl sites for hydroxylation is 1. The van der Waals surface area contributed by atoms with E-state index in [4.69, 9.17) is 4.74 Å². The van der Waals surface area contributed by atoms with Crippen molar-refractivity contribution in [1.82, 2.24) is 9.78 Å². The molecule has 0 amide bonds. The summed E-state index contributed by atoms with van der Waals surface area (Å²) in [6, 6.07) is 1.59. The Hall–Kier alpha value is -1.03. The number of nitrogens with zero attached hydrogens (tertiary/aromatic N) is 1. The molecule has 4 nitrogen and oxygen atoms in total. The molecular formula is C10H18N2O2.